The minimum Gasteiger partial charge on any atom is -0.465 e. The van der Waals surface area contributed by atoms with Crippen molar-refractivity contribution in [3.8, 4) is 5.75 Å². The second-order valence-corrected chi connectivity index (χ2v) is 2.61. The zero-order valence-electron chi connectivity index (χ0n) is 6.12. The van der Waals surface area contributed by atoms with Crippen molar-refractivity contribution < 1.29 is 9.84 Å². The molecule has 0 spiro atoms. The fourth-order valence-corrected chi connectivity index (χ4v) is 0.918. The minimum absolute atomic E-state index is 0.576. The van der Waals surface area contributed by atoms with Crippen LogP contribution in [-0.2, 0) is 0 Å². The van der Waals surface area contributed by atoms with E-state index in [0.29, 0.717) is 10.8 Å². The third kappa shape index (κ3) is 2.78. The van der Waals surface area contributed by atoms with Crippen molar-refractivity contribution in [3.05, 3.63) is 29.3 Å². The predicted molar refractivity (Wildman–Crippen MR) is 43.8 cm³/mol. The van der Waals surface area contributed by atoms with Crippen LogP contribution in [0.5, 0.6) is 5.75 Å². The molecule has 0 radical (unpaired) electrons. The lowest BCUT2D eigenvalue weighted by Crippen LogP contribution is -2.09. The second kappa shape index (κ2) is 3.60. The number of rotatable bonds is 2. The molecule has 0 fully saturated rings. The summed E-state index contributed by atoms with van der Waals surface area (Å²) in [5.41, 5.74) is 0. The van der Waals surface area contributed by atoms with Crippen LogP contribution in [0.2, 0.25) is 5.02 Å². The van der Waals surface area contributed by atoms with Crippen LogP contribution < -0.4 is 4.74 Å². The van der Waals surface area contributed by atoms with Gasteiger partial charge in [0.2, 0.25) is 0 Å². The Morgan fingerprint density at radius 2 is 2.27 bits per heavy atom. The maximum absolute atomic E-state index is 8.83. The zero-order valence-corrected chi connectivity index (χ0v) is 6.88. The van der Waals surface area contributed by atoms with Gasteiger partial charge < -0.3 is 9.84 Å². The van der Waals surface area contributed by atoms with Crippen LogP contribution in [0.3, 0.4) is 0 Å². The number of hydrogen-bond donors (Lipinski definition) is 1. The van der Waals surface area contributed by atoms with Gasteiger partial charge in [-0.25, -0.2) is 0 Å². The van der Waals surface area contributed by atoms with E-state index < -0.39 is 6.29 Å². The number of ether oxygens (including phenoxy) is 1. The molecule has 3 heteroatoms. The van der Waals surface area contributed by atoms with Crippen LogP contribution in [0.15, 0.2) is 24.3 Å². The lowest BCUT2D eigenvalue weighted by atomic mass is 10.3. The normalized spacial score (nSPS) is 12.6. The van der Waals surface area contributed by atoms with Gasteiger partial charge in [0.15, 0.2) is 6.29 Å². The SMILES string of the molecule is CC(O)Oc1cccc(Cl)c1. The van der Waals surface area contributed by atoms with E-state index in [1.807, 2.05) is 0 Å². The number of aliphatic hydroxyl groups excluding tert-OH is 1. The molecule has 0 aliphatic rings. The van der Waals surface area contributed by atoms with Crippen molar-refractivity contribution in [1.29, 1.82) is 0 Å². The van der Waals surface area contributed by atoms with Crippen molar-refractivity contribution >= 4 is 11.6 Å². The quantitative estimate of drug-likeness (QED) is 0.692. The van der Waals surface area contributed by atoms with Gasteiger partial charge in [0, 0.05) is 5.02 Å². The monoisotopic (exact) mass is 172 g/mol. The van der Waals surface area contributed by atoms with E-state index in [9.17, 15) is 0 Å². The molecule has 1 aromatic rings. The second-order valence-electron chi connectivity index (χ2n) is 2.17. The fourth-order valence-electron chi connectivity index (χ4n) is 0.737. The van der Waals surface area contributed by atoms with Crippen LogP contribution >= 0.6 is 11.6 Å². The van der Waals surface area contributed by atoms with E-state index in [-0.39, 0.29) is 0 Å². The highest BCUT2D eigenvalue weighted by atomic mass is 35.5. The molecular formula is C8H9ClO2. The maximum Gasteiger partial charge on any atom is 0.194 e. The van der Waals surface area contributed by atoms with Gasteiger partial charge in [-0.1, -0.05) is 17.7 Å². The van der Waals surface area contributed by atoms with E-state index in [2.05, 4.69) is 0 Å². The molecule has 11 heavy (non-hydrogen) atoms. The Hall–Kier alpha value is -0.730. The molecule has 1 unspecified atom stereocenters. The van der Waals surface area contributed by atoms with Gasteiger partial charge in [0.25, 0.3) is 0 Å². The van der Waals surface area contributed by atoms with Gasteiger partial charge in [0.05, 0.1) is 0 Å². The molecule has 1 N–H and O–H groups in total. The Kier molecular flexibility index (Phi) is 2.74. The molecule has 1 rings (SSSR count). The van der Waals surface area contributed by atoms with E-state index in [4.69, 9.17) is 21.4 Å². The molecule has 0 amide bonds. The molecule has 0 bridgehead atoms. The van der Waals surface area contributed by atoms with Crippen LogP contribution in [-0.4, -0.2) is 11.4 Å². The maximum atomic E-state index is 8.83. The molecule has 2 nitrogen and oxygen atoms in total. The van der Waals surface area contributed by atoms with Gasteiger partial charge in [-0.2, -0.15) is 0 Å². The molecule has 0 aliphatic heterocycles. The Bertz CT molecular complexity index is 235. The van der Waals surface area contributed by atoms with Gasteiger partial charge in [0.1, 0.15) is 5.75 Å². The van der Waals surface area contributed by atoms with Gasteiger partial charge in [-0.3, -0.25) is 0 Å². The summed E-state index contributed by atoms with van der Waals surface area (Å²) < 4.78 is 4.97. The fraction of sp³-hybridized carbons (Fsp3) is 0.250. The summed E-state index contributed by atoms with van der Waals surface area (Å²) in [6.45, 7) is 1.54. The van der Waals surface area contributed by atoms with E-state index in [1.165, 1.54) is 0 Å². The average molecular weight is 173 g/mol. The molecule has 0 heterocycles. The summed E-state index contributed by atoms with van der Waals surface area (Å²) in [5.74, 6) is 0.576. The first kappa shape index (κ1) is 8.37. The van der Waals surface area contributed by atoms with Gasteiger partial charge >= 0.3 is 0 Å². The largest absolute Gasteiger partial charge is 0.465 e. The molecule has 0 saturated carbocycles. The summed E-state index contributed by atoms with van der Waals surface area (Å²) >= 11 is 5.67. The van der Waals surface area contributed by atoms with Gasteiger partial charge in [-0.15, -0.1) is 0 Å². The average Bonchev–Trinajstić information content (AvgIpc) is 1.85. The lowest BCUT2D eigenvalue weighted by molar-refractivity contribution is -0.000277. The van der Waals surface area contributed by atoms with Crippen LogP contribution in [0, 0.1) is 0 Å². The molecule has 60 valence electrons. The zero-order chi connectivity index (χ0) is 8.27. The van der Waals surface area contributed by atoms with E-state index in [0.717, 1.165) is 0 Å². The Labute approximate surface area is 70.4 Å². The Morgan fingerprint density at radius 3 is 2.82 bits per heavy atom. The third-order valence-corrected chi connectivity index (χ3v) is 1.34. The Balaban J connectivity index is 2.71. The summed E-state index contributed by atoms with van der Waals surface area (Å²) in [6, 6.07) is 6.89. The smallest absolute Gasteiger partial charge is 0.194 e. The standard InChI is InChI=1S/C8H9ClO2/c1-6(10)11-8-4-2-3-7(9)5-8/h2-6,10H,1H3. The summed E-state index contributed by atoms with van der Waals surface area (Å²) in [4.78, 5) is 0. The van der Waals surface area contributed by atoms with E-state index in [1.54, 1.807) is 31.2 Å². The highest BCUT2D eigenvalue weighted by Crippen LogP contribution is 2.17. The molecule has 0 aromatic heterocycles. The summed E-state index contributed by atoms with van der Waals surface area (Å²) in [5, 5.41) is 9.43. The third-order valence-electron chi connectivity index (χ3n) is 1.10. The molecule has 0 saturated heterocycles. The highest BCUT2D eigenvalue weighted by molar-refractivity contribution is 6.30. The first-order valence-corrected chi connectivity index (χ1v) is 3.66. The molecule has 1 atom stereocenters. The van der Waals surface area contributed by atoms with E-state index >= 15 is 0 Å². The van der Waals surface area contributed by atoms with Crippen LogP contribution in [0.25, 0.3) is 0 Å². The van der Waals surface area contributed by atoms with Crippen molar-refractivity contribution in [2.45, 2.75) is 13.2 Å². The summed E-state index contributed by atoms with van der Waals surface area (Å²) in [6.07, 6.45) is -0.798. The Morgan fingerprint density at radius 1 is 1.55 bits per heavy atom. The lowest BCUT2D eigenvalue weighted by Gasteiger charge is -2.07. The number of halogens is 1. The van der Waals surface area contributed by atoms with Crippen molar-refractivity contribution in [2.75, 3.05) is 0 Å². The topological polar surface area (TPSA) is 29.5 Å². The van der Waals surface area contributed by atoms with Crippen LogP contribution in [0.4, 0.5) is 0 Å². The van der Waals surface area contributed by atoms with Crippen LogP contribution in [0.1, 0.15) is 6.92 Å². The molecular weight excluding hydrogens is 164 g/mol. The van der Waals surface area contributed by atoms with Gasteiger partial charge in [-0.05, 0) is 25.1 Å². The first-order valence-electron chi connectivity index (χ1n) is 3.29. The molecule has 0 aliphatic carbocycles. The number of aliphatic hydroxyl groups is 1. The minimum atomic E-state index is -0.798. The van der Waals surface area contributed by atoms with Crippen molar-refractivity contribution in [2.24, 2.45) is 0 Å². The van der Waals surface area contributed by atoms with Crippen molar-refractivity contribution in [1.82, 2.24) is 0 Å². The summed E-state index contributed by atoms with van der Waals surface area (Å²) in [7, 11) is 0. The molecule has 1 aromatic carbocycles. The first-order chi connectivity index (χ1) is 5.18. The van der Waals surface area contributed by atoms with Crippen molar-refractivity contribution in [3.63, 3.8) is 0 Å². The highest BCUT2D eigenvalue weighted by Gasteiger charge is 1.97. The number of benzene rings is 1. The number of hydrogen-bond acceptors (Lipinski definition) is 2. The predicted octanol–water partition coefficient (Wildman–Crippen LogP) is 2.06.